The summed E-state index contributed by atoms with van der Waals surface area (Å²) in [4.78, 5) is 0. The van der Waals surface area contributed by atoms with Gasteiger partial charge in [0.15, 0.2) is 0 Å². The van der Waals surface area contributed by atoms with E-state index < -0.39 is 0 Å². The molecule has 3 heteroatoms. The molecule has 0 radical (unpaired) electrons. The molecule has 1 aliphatic rings. The Bertz CT molecular complexity index is 478. The molecular weight excluding hydrogens is 282 g/mol. The van der Waals surface area contributed by atoms with E-state index in [0.717, 1.165) is 24.8 Å². The van der Waals surface area contributed by atoms with Gasteiger partial charge in [0.25, 0.3) is 0 Å². The minimum Gasteiger partial charge on any atom is -0.495 e. The minimum atomic E-state index is 0.678. The topological polar surface area (TPSA) is 21.3 Å². The number of nitrogens with one attached hydrogen (secondary N) is 1. The average molecular weight is 308 g/mol. The molecule has 1 saturated carbocycles. The molecule has 1 aromatic carbocycles. The van der Waals surface area contributed by atoms with Gasteiger partial charge in [-0.3, -0.25) is 0 Å². The van der Waals surface area contributed by atoms with Crippen molar-refractivity contribution < 1.29 is 4.74 Å². The second-order valence-electron chi connectivity index (χ2n) is 5.73. The van der Waals surface area contributed by atoms with Gasteiger partial charge in [-0.15, -0.1) is 0 Å². The highest BCUT2D eigenvalue weighted by Gasteiger charge is 2.17. The van der Waals surface area contributed by atoms with Crippen LogP contribution >= 0.6 is 11.6 Å². The normalized spacial score (nSPS) is 17.0. The van der Waals surface area contributed by atoms with Crippen molar-refractivity contribution in [3.8, 4) is 5.75 Å². The lowest BCUT2D eigenvalue weighted by atomic mass is 9.83. The molecule has 21 heavy (non-hydrogen) atoms. The molecule has 0 unspecified atom stereocenters. The summed E-state index contributed by atoms with van der Waals surface area (Å²) in [5.41, 5.74) is 2.68. The fraction of sp³-hybridized carbons (Fsp3) is 0.556. The lowest BCUT2D eigenvalue weighted by molar-refractivity contribution is 0.397. The third-order valence-electron chi connectivity index (χ3n) is 4.24. The lowest BCUT2D eigenvalue weighted by Crippen LogP contribution is -2.22. The summed E-state index contributed by atoms with van der Waals surface area (Å²) in [7, 11) is 1.65. The molecule has 0 aliphatic heterocycles. The molecular formula is C18H26ClNO. The first-order valence-corrected chi connectivity index (χ1v) is 8.37. The number of hydrogen-bond donors (Lipinski definition) is 1. The number of likely N-dealkylation sites (N-methyl/N-ethyl adjacent to an activating group) is 1. The van der Waals surface area contributed by atoms with Crippen molar-refractivity contribution in [1.82, 2.24) is 5.32 Å². The van der Waals surface area contributed by atoms with Gasteiger partial charge < -0.3 is 10.1 Å². The van der Waals surface area contributed by atoms with E-state index in [4.69, 9.17) is 16.3 Å². The van der Waals surface area contributed by atoms with E-state index in [1.807, 2.05) is 12.1 Å². The lowest BCUT2D eigenvalue weighted by Gasteiger charge is -2.25. The van der Waals surface area contributed by atoms with Crippen molar-refractivity contribution in [2.45, 2.75) is 39.0 Å². The second-order valence-corrected chi connectivity index (χ2v) is 6.14. The zero-order valence-corrected chi connectivity index (χ0v) is 13.9. The Morgan fingerprint density at radius 3 is 2.71 bits per heavy atom. The van der Waals surface area contributed by atoms with E-state index in [9.17, 15) is 0 Å². The van der Waals surface area contributed by atoms with Crippen LogP contribution in [-0.4, -0.2) is 20.2 Å². The Labute approximate surface area is 133 Å². The first-order valence-electron chi connectivity index (χ1n) is 7.99. The third kappa shape index (κ3) is 4.76. The van der Waals surface area contributed by atoms with Gasteiger partial charge in [-0.05, 0) is 43.0 Å². The third-order valence-corrected chi connectivity index (χ3v) is 4.53. The summed E-state index contributed by atoms with van der Waals surface area (Å²) in [5, 5.41) is 4.16. The largest absolute Gasteiger partial charge is 0.495 e. The second kappa shape index (κ2) is 8.45. The van der Waals surface area contributed by atoms with Gasteiger partial charge in [0, 0.05) is 6.54 Å². The van der Waals surface area contributed by atoms with Crippen LogP contribution in [0.2, 0.25) is 5.02 Å². The van der Waals surface area contributed by atoms with Crippen LogP contribution in [0, 0.1) is 5.92 Å². The van der Waals surface area contributed by atoms with Gasteiger partial charge in [-0.1, -0.05) is 55.5 Å². The highest BCUT2D eigenvalue weighted by Crippen LogP contribution is 2.32. The molecule has 1 fully saturated rings. The van der Waals surface area contributed by atoms with Crippen LogP contribution in [0.15, 0.2) is 23.8 Å². The van der Waals surface area contributed by atoms with Crippen molar-refractivity contribution in [3.05, 3.63) is 34.4 Å². The zero-order chi connectivity index (χ0) is 15.1. The molecule has 0 spiro atoms. The molecule has 2 rings (SSSR count). The van der Waals surface area contributed by atoms with Crippen LogP contribution in [0.1, 0.15) is 44.6 Å². The van der Waals surface area contributed by atoms with Crippen LogP contribution < -0.4 is 10.1 Å². The molecule has 0 aromatic heterocycles. The van der Waals surface area contributed by atoms with Crippen LogP contribution in [0.5, 0.6) is 5.75 Å². The average Bonchev–Trinajstić information content (AvgIpc) is 2.52. The highest BCUT2D eigenvalue weighted by molar-refractivity contribution is 6.32. The number of ether oxygens (including phenoxy) is 1. The number of rotatable bonds is 6. The van der Waals surface area contributed by atoms with Crippen LogP contribution in [0.3, 0.4) is 0 Å². The molecule has 1 aromatic rings. The van der Waals surface area contributed by atoms with E-state index in [1.165, 1.54) is 43.2 Å². The fourth-order valence-electron chi connectivity index (χ4n) is 3.04. The standard InChI is InChI=1S/C18H26ClNO/c1-3-20-13-16(15-7-5-4-6-8-15)11-14-9-10-18(21-2)17(19)12-14/h9-12,15,20H,3-8,13H2,1-2H3/b16-11-. The molecule has 2 nitrogen and oxygen atoms in total. The fourth-order valence-corrected chi connectivity index (χ4v) is 3.31. The van der Waals surface area contributed by atoms with Crippen molar-refractivity contribution >= 4 is 17.7 Å². The van der Waals surface area contributed by atoms with Crippen molar-refractivity contribution in [1.29, 1.82) is 0 Å². The number of methoxy groups -OCH3 is 1. The summed E-state index contributed by atoms with van der Waals surface area (Å²) in [6.45, 7) is 4.14. The summed E-state index contributed by atoms with van der Waals surface area (Å²) < 4.78 is 5.22. The van der Waals surface area contributed by atoms with Crippen LogP contribution in [0.25, 0.3) is 6.08 Å². The van der Waals surface area contributed by atoms with Gasteiger partial charge in [0.2, 0.25) is 0 Å². The number of benzene rings is 1. The van der Waals surface area contributed by atoms with Crippen LogP contribution in [-0.2, 0) is 0 Å². The minimum absolute atomic E-state index is 0.678. The van der Waals surface area contributed by atoms with Gasteiger partial charge in [-0.2, -0.15) is 0 Å². The monoisotopic (exact) mass is 307 g/mol. The summed E-state index contributed by atoms with van der Waals surface area (Å²) in [6, 6.07) is 6.02. The predicted molar refractivity (Wildman–Crippen MR) is 91.1 cm³/mol. The zero-order valence-electron chi connectivity index (χ0n) is 13.1. The van der Waals surface area contributed by atoms with Crippen molar-refractivity contribution in [2.75, 3.05) is 20.2 Å². The Kier molecular flexibility index (Phi) is 6.59. The first-order chi connectivity index (χ1) is 10.2. The van der Waals surface area contributed by atoms with E-state index in [-0.39, 0.29) is 0 Å². The Morgan fingerprint density at radius 2 is 2.10 bits per heavy atom. The number of hydrogen-bond acceptors (Lipinski definition) is 2. The van der Waals surface area contributed by atoms with Gasteiger partial charge in [0.1, 0.15) is 5.75 Å². The van der Waals surface area contributed by atoms with Gasteiger partial charge in [0.05, 0.1) is 12.1 Å². The van der Waals surface area contributed by atoms with E-state index in [0.29, 0.717) is 5.02 Å². The molecule has 0 atom stereocenters. The molecule has 1 N–H and O–H groups in total. The Balaban J connectivity index is 2.19. The van der Waals surface area contributed by atoms with Gasteiger partial charge in [-0.25, -0.2) is 0 Å². The molecule has 0 amide bonds. The maximum atomic E-state index is 6.23. The quantitative estimate of drug-likeness (QED) is 0.805. The molecule has 116 valence electrons. The summed E-state index contributed by atoms with van der Waals surface area (Å²) in [5.74, 6) is 1.46. The highest BCUT2D eigenvalue weighted by atomic mass is 35.5. The molecule has 0 saturated heterocycles. The summed E-state index contributed by atoms with van der Waals surface area (Å²) in [6.07, 6.45) is 9.06. The Hall–Kier alpha value is -0.990. The first kappa shape index (κ1) is 16.4. The maximum absolute atomic E-state index is 6.23. The van der Waals surface area contributed by atoms with E-state index in [2.05, 4.69) is 24.4 Å². The molecule has 1 aliphatic carbocycles. The van der Waals surface area contributed by atoms with Crippen LogP contribution in [0.4, 0.5) is 0 Å². The number of halogens is 1. The van der Waals surface area contributed by atoms with E-state index in [1.54, 1.807) is 7.11 Å². The summed E-state index contributed by atoms with van der Waals surface area (Å²) >= 11 is 6.23. The maximum Gasteiger partial charge on any atom is 0.137 e. The molecule has 0 bridgehead atoms. The predicted octanol–water partition coefficient (Wildman–Crippen LogP) is 4.92. The van der Waals surface area contributed by atoms with E-state index >= 15 is 0 Å². The van der Waals surface area contributed by atoms with Gasteiger partial charge >= 0.3 is 0 Å². The van der Waals surface area contributed by atoms with Crippen molar-refractivity contribution in [2.24, 2.45) is 5.92 Å². The van der Waals surface area contributed by atoms with Crippen molar-refractivity contribution in [3.63, 3.8) is 0 Å². The Morgan fingerprint density at radius 1 is 1.33 bits per heavy atom. The molecule has 0 heterocycles. The SMILES string of the molecule is CCNC/C(=C/c1ccc(OC)c(Cl)c1)C1CCCCC1. The smallest absolute Gasteiger partial charge is 0.137 e.